The number of carbonyl (C=O) groups excluding carboxylic acids is 3. The normalized spacial score (nSPS) is 11.7. The second-order valence-corrected chi connectivity index (χ2v) is 3.07. The highest BCUT2D eigenvalue weighted by molar-refractivity contribution is 5.95. The van der Waals surface area contributed by atoms with Gasteiger partial charge in [0.25, 0.3) is 0 Å². The molecule has 0 spiro atoms. The number of Topliss-reactive ketones (excluding diaryl/α,β-unsaturated/α-hetero) is 1. The minimum Gasteiger partial charge on any atom is -0.468 e. The van der Waals surface area contributed by atoms with Crippen molar-refractivity contribution in [3.63, 3.8) is 0 Å². The second-order valence-electron chi connectivity index (χ2n) is 3.07. The summed E-state index contributed by atoms with van der Waals surface area (Å²) >= 11 is 0. The largest absolute Gasteiger partial charge is 0.468 e. The third kappa shape index (κ3) is 5.15. The molecular weight excluding hydrogens is 200 g/mol. The van der Waals surface area contributed by atoms with E-state index in [0.29, 0.717) is 0 Å². The van der Waals surface area contributed by atoms with Crippen molar-refractivity contribution in [2.45, 2.75) is 26.7 Å². The summed E-state index contributed by atoms with van der Waals surface area (Å²) in [5, 5.41) is 0. The number of carbonyl (C=O) groups is 3. The average Bonchev–Trinajstić information content (AvgIpc) is 2.17. The van der Waals surface area contributed by atoms with Crippen LogP contribution in [0.4, 0.5) is 0 Å². The van der Waals surface area contributed by atoms with E-state index in [0.717, 1.165) is 0 Å². The molecule has 0 amide bonds. The van der Waals surface area contributed by atoms with Crippen LogP contribution in [-0.2, 0) is 23.9 Å². The molecule has 0 aromatic carbocycles. The van der Waals surface area contributed by atoms with Gasteiger partial charge in [-0.05, 0) is 20.3 Å². The van der Waals surface area contributed by atoms with Crippen LogP contribution in [0.25, 0.3) is 0 Å². The molecule has 1 atom stereocenters. The minimum absolute atomic E-state index is 0.0757. The molecule has 1 unspecified atom stereocenters. The molecule has 0 aliphatic carbocycles. The highest BCUT2D eigenvalue weighted by atomic mass is 16.5. The molecule has 0 saturated carbocycles. The summed E-state index contributed by atoms with van der Waals surface area (Å²) in [5.74, 6) is -2.35. The van der Waals surface area contributed by atoms with Crippen molar-refractivity contribution in [3.8, 4) is 0 Å². The van der Waals surface area contributed by atoms with Gasteiger partial charge in [-0.25, -0.2) is 0 Å². The van der Waals surface area contributed by atoms with Crippen molar-refractivity contribution in [2.24, 2.45) is 5.92 Å². The quantitative estimate of drug-likeness (QED) is 0.483. The molecule has 0 fully saturated rings. The lowest BCUT2D eigenvalue weighted by Crippen LogP contribution is -2.27. The van der Waals surface area contributed by atoms with E-state index in [1.54, 1.807) is 6.92 Å². The summed E-state index contributed by atoms with van der Waals surface area (Å²) in [7, 11) is 1.20. The van der Waals surface area contributed by atoms with Crippen molar-refractivity contribution in [2.75, 3.05) is 13.7 Å². The van der Waals surface area contributed by atoms with Gasteiger partial charge in [0.1, 0.15) is 5.78 Å². The van der Waals surface area contributed by atoms with E-state index in [-0.39, 0.29) is 25.2 Å². The summed E-state index contributed by atoms with van der Waals surface area (Å²) < 4.78 is 9.17. The molecule has 86 valence electrons. The van der Waals surface area contributed by atoms with Gasteiger partial charge in [0.2, 0.25) is 0 Å². The Morgan fingerprint density at radius 3 is 2.20 bits per heavy atom. The van der Waals surface area contributed by atoms with Crippen molar-refractivity contribution < 1.29 is 23.9 Å². The highest BCUT2D eigenvalue weighted by Gasteiger charge is 2.28. The second kappa shape index (κ2) is 6.98. The van der Waals surface area contributed by atoms with E-state index in [4.69, 9.17) is 4.74 Å². The van der Waals surface area contributed by atoms with Gasteiger partial charge >= 0.3 is 11.9 Å². The number of hydrogen-bond acceptors (Lipinski definition) is 5. The maximum atomic E-state index is 11.3. The zero-order valence-electron chi connectivity index (χ0n) is 9.24. The Labute approximate surface area is 88.7 Å². The van der Waals surface area contributed by atoms with Crippen molar-refractivity contribution in [1.82, 2.24) is 0 Å². The average molecular weight is 216 g/mol. The molecule has 0 aromatic rings. The Balaban J connectivity index is 4.36. The van der Waals surface area contributed by atoms with Gasteiger partial charge in [-0.3, -0.25) is 9.59 Å². The first-order chi connectivity index (χ1) is 7.02. The van der Waals surface area contributed by atoms with Gasteiger partial charge < -0.3 is 14.3 Å². The lowest BCUT2D eigenvalue weighted by Gasteiger charge is -2.12. The SMILES string of the molecule is CCOC(=O)C(CCC(C)=O)C(=O)OC. The number of rotatable bonds is 6. The van der Waals surface area contributed by atoms with Gasteiger partial charge in [-0.2, -0.15) is 0 Å². The Hall–Kier alpha value is -1.39. The van der Waals surface area contributed by atoms with Crippen LogP contribution in [0.2, 0.25) is 0 Å². The Morgan fingerprint density at radius 1 is 1.20 bits per heavy atom. The first-order valence-electron chi connectivity index (χ1n) is 4.76. The Morgan fingerprint density at radius 2 is 1.80 bits per heavy atom. The third-order valence-electron chi connectivity index (χ3n) is 1.84. The predicted octanol–water partition coefficient (Wildman–Crippen LogP) is 0.708. The highest BCUT2D eigenvalue weighted by Crippen LogP contribution is 2.11. The summed E-state index contributed by atoms with van der Waals surface area (Å²) in [6.45, 7) is 3.25. The van der Waals surface area contributed by atoms with Gasteiger partial charge in [0, 0.05) is 6.42 Å². The molecule has 0 saturated heterocycles. The van der Waals surface area contributed by atoms with Crippen LogP contribution in [0.3, 0.4) is 0 Å². The molecule has 0 rings (SSSR count). The molecule has 0 aliphatic rings. The van der Waals surface area contributed by atoms with Gasteiger partial charge in [-0.1, -0.05) is 0 Å². The van der Waals surface area contributed by atoms with Crippen LogP contribution >= 0.6 is 0 Å². The molecule has 0 aromatic heterocycles. The number of ketones is 1. The summed E-state index contributed by atoms with van der Waals surface area (Å²) in [6, 6.07) is 0. The molecule has 5 heteroatoms. The predicted molar refractivity (Wildman–Crippen MR) is 52.1 cm³/mol. The zero-order valence-corrected chi connectivity index (χ0v) is 9.24. The van der Waals surface area contributed by atoms with Crippen molar-refractivity contribution in [3.05, 3.63) is 0 Å². The summed E-state index contributed by atoms with van der Waals surface area (Å²) in [4.78, 5) is 33.3. The zero-order chi connectivity index (χ0) is 11.8. The van der Waals surface area contributed by atoms with Crippen LogP contribution < -0.4 is 0 Å². The summed E-state index contributed by atoms with van der Waals surface area (Å²) in [5.41, 5.74) is 0. The van der Waals surface area contributed by atoms with E-state index in [1.165, 1.54) is 14.0 Å². The van der Waals surface area contributed by atoms with E-state index in [2.05, 4.69) is 4.74 Å². The van der Waals surface area contributed by atoms with E-state index in [1.807, 2.05) is 0 Å². The molecule has 15 heavy (non-hydrogen) atoms. The van der Waals surface area contributed by atoms with E-state index in [9.17, 15) is 14.4 Å². The number of hydrogen-bond donors (Lipinski definition) is 0. The van der Waals surface area contributed by atoms with Crippen LogP contribution in [0.1, 0.15) is 26.7 Å². The molecule has 5 nitrogen and oxygen atoms in total. The maximum Gasteiger partial charge on any atom is 0.320 e. The molecule has 0 radical (unpaired) electrons. The minimum atomic E-state index is -0.987. The third-order valence-corrected chi connectivity index (χ3v) is 1.84. The first-order valence-corrected chi connectivity index (χ1v) is 4.76. The van der Waals surface area contributed by atoms with Crippen molar-refractivity contribution >= 4 is 17.7 Å². The van der Waals surface area contributed by atoms with Crippen LogP contribution in [0.15, 0.2) is 0 Å². The maximum absolute atomic E-state index is 11.3. The van der Waals surface area contributed by atoms with Crippen LogP contribution in [0, 0.1) is 5.92 Å². The molecule has 0 bridgehead atoms. The Kier molecular flexibility index (Phi) is 6.33. The summed E-state index contributed by atoms with van der Waals surface area (Å²) in [6.07, 6.45) is 0.305. The fourth-order valence-corrected chi connectivity index (χ4v) is 1.06. The fourth-order valence-electron chi connectivity index (χ4n) is 1.06. The molecular formula is C10H16O5. The van der Waals surface area contributed by atoms with Crippen molar-refractivity contribution in [1.29, 1.82) is 0 Å². The monoisotopic (exact) mass is 216 g/mol. The van der Waals surface area contributed by atoms with Gasteiger partial charge in [0.05, 0.1) is 13.7 Å². The van der Waals surface area contributed by atoms with Crippen LogP contribution in [-0.4, -0.2) is 31.4 Å². The fraction of sp³-hybridized carbons (Fsp3) is 0.700. The number of methoxy groups -OCH3 is 1. The van der Waals surface area contributed by atoms with Gasteiger partial charge in [-0.15, -0.1) is 0 Å². The van der Waals surface area contributed by atoms with E-state index >= 15 is 0 Å². The lowest BCUT2D eigenvalue weighted by atomic mass is 10.0. The molecule has 0 N–H and O–H groups in total. The number of ether oxygens (including phenoxy) is 2. The first kappa shape index (κ1) is 13.6. The molecule has 0 aliphatic heterocycles. The Bertz CT molecular complexity index is 246. The van der Waals surface area contributed by atoms with Crippen LogP contribution in [0.5, 0.6) is 0 Å². The van der Waals surface area contributed by atoms with Gasteiger partial charge in [0.15, 0.2) is 5.92 Å². The standard InChI is InChI=1S/C10H16O5/c1-4-15-10(13)8(9(12)14-3)6-5-7(2)11/h8H,4-6H2,1-3H3. The van der Waals surface area contributed by atoms with E-state index < -0.39 is 17.9 Å². The number of esters is 2. The lowest BCUT2D eigenvalue weighted by molar-refractivity contribution is -0.160. The topological polar surface area (TPSA) is 69.7 Å². The molecule has 0 heterocycles. The smallest absolute Gasteiger partial charge is 0.320 e.